The molecular formula is C11H9ClN2O5S. The summed E-state index contributed by atoms with van der Waals surface area (Å²) in [6, 6.07) is 6.54. The van der Waals surface area contributed by atoms with E-state index in [1.807, 2.05) is 0 Å². The van der Waals surface area contributed by atoms with Crippen LogP contribution in [0.25, 0.3) is 0 Å². The van der Waals surface area contributed by atoms with E-state index < -0.39 is 25.5 Å². The van der Waals surface area contributed by atoms with Crippen molar-refractivity contribution in [3.63, 3.8) is 0 Å². The van der Waals surface area contributed by atoms with E-state index >= 15 is 0 Å². The monoisotopic (exact) mass is 316 g/mol. The van der Waals surface area contributed by atoms with Crippen molar-refractivity contribution < 1.29 is 17.8 Å². The summed E-state index contributed by atoms with van der Waals surface area (Å²) >= 11 is 5.63. The maximum absolute atomic E-state index is 12.1. The largest absolute Gasteiger partial charge is 0.468 e. The van der Waals surface area contributed by atoms with Crippen LogP contribution in [0.2, 0.25) is 5.02 Å². The molecule has 0 radical (unpaired) electrons. The van der Waals surface area contributed by atoms with Crippen molar-refractivity contribution in [1.29, 1.82) is 0 Å². The normalized spacial score (nSPS) is 11.4. The fourth-order valence-corrected chi connectivity index (χ4v) is 2.83. The Morgan fingerprint density at radius 1 is 1.35 bits per heavy atom. The highest BCUT2D eigenvalue weighted by molar-refractivity contribution is 7.89. The first-order valence-electron chi connectivity index (χ1n) is 5.36. The molecule has 0 fully saturated rings. The van der Waals surface area contributed by atoms with E-state index in [-0.39, 0.29) is 11.6 Å². The van der Waals surface area contributed by atoms with Gasteiger partial charge in [-0.1, -0.05) is 11.6 Å². The smallest absolute Gasteiger partial charge is 0.290 e. The van der Waals surface area contributed by atoms with Crippen LogP contribution >= 0.6 is 11.6 Å². The molecule has 1 heterocycles. The number of rotatable bonds is 5. The molecular weight excluding hydrogens is 308 g/mol. The molecule has 0 unspecified atom stereocenters. The minimum atomic E-state index is -4.04. The predicted molar refractivity (Wildman–Crippen MR) is 70.8 cm³/mol. The van der Waals surface area contributed by atoms with Crippen LogP contribution in [0.4, 0.5) is 5.69 Å². The molecule has 0 saturated heterocycles. The van der Waals surface area contributed by atoms with Crippen LogP contribution in [0.15, 0.2) is 45.9 Å². The van der Waals surface area contributed by atoms with Gasteiger partial charge in [-0.25, -0.2) is 13.1 Å². The third-order valence-corrected chi connectivity index (χ3v) is 4.11. The van der Waals surface area contributed by atoms with Crippen molar-refractivity contribution in [1.82, 2.24) is 4.72 Å². The lowest BCUT2D eigenvalue weighted by Crippen LogP contribution is -2.23. The molecule has 0 aliphatic rings. The second-order valence-electron chi connectivity index (χ2n) is 3.77. The quantitative estimate of drug-likeness (QED) is 0.673. The highest BCUT2D eigenvalue weighted by atomic mass is 35.5. The van der Waals surface area contributed by atoms with Crippen molar-refractivity contribution in [3.8, 4) is 0 Å². The van der Waals surface area contributed by atoms with Gasteiger partial charge in [0, 0.05) is 11.1 Å². The van der Waals surface area contributed by atoms with Crippen molar-refractivity contribution in [2.24, 2.45) is 0 Å². The second-order valence-corrected chi connectivity index (χ2v) is 5.94. The van der Waals surface area contributed by atoms with Crippen LogP contribution in [-0.2, 0) is 16.6 Å². The number of benzene rings is 1. The van der Waals surface area contributed by atoms with E-state index in [2.05, 4.69) is 4.72 Å². The number of halogens is 1. The first-order valence-corrected chi connectivity index (χ1v) is 7.22. The summed E-state index contributed by atoms with van der Waals surface area (Å²) < 4.78 is 31.3. The lowest BCUT2D eigenvalue weighted by Gasteiger charge is -2.06. The number of nitrogens with zero attached hydrogens (tertiary/aromatic N) is 1. The zero-order valence-electron chi connectivity index (χ0n) is 9.95. The third kappa shape index (κ3) is 3.16. The number of nitrogens with one attached hydrogen (secondary N) is 1. The Balaban J connectivity index is 2.31. The van der Waals surface area contributed by atoms with E-state index in [9.17, 15) is 18.5 Å². The summed E-state index contributed by atoms with van der Waals surface area (Å²) in [7, 11) is -4.04. The Bertz CT molecular complexity index is 727. The average Bonchev–Trinajstić information content (AvgIpc) is 2.89. The molecule has 2 aromatic rings. The topological polar surface area (TPSA) is 102 Å². The van der Waals surface area contributed by atoms with Gasteiger partial charge in [0.25, 0.3) is 5.69 Å². The first-order chi connectivity index (χ1) is 9.40. The molecule has 9 heteroatoms. The summed E-state index contributed by atoms with van der Waals surface area (Å²) in [5.74, 6) is 0.394. The van der Waals surface area contributed by atoms with Crippen LogP contribution in [0.5, 0.6) is 0 Å². The van der Waals surface area contributed by atoms with Gasteiger partial charge in [-0.15, -0.1) is 0 Å². The molecule has 0 aliphatic carbocycles. The fraction of sp³-hybridized carbons (Fsp3) is 0.0909. The molecule has 0 amide bonds. The molecule has 106 valence electrons. The highest BCUT2D eigenvalue weighted by Gasteiger charge is 2.25. The lowest BCUT2D eigenvalue weighted by molar-refractivity contribution is -0.387. The van der Waals surface area contributed by atoms with Crippen molar-refractivity contribution in [3.05, 3.63) is 57.5 Å². The molecule has 1 aromatic carbocycles. The maximum Gasteiger partial charge on any atom is 0.290 e. The van der Waals surface area contributed by atoms with E-state index in [1.54, 1.807) is 12.1 Å². The van der Waals surface area contributed by atoms with Crippen molar-refractivity contribution in [2.75, 3.05) is 0 Å². The summed E-state index contributed by atoms with van der Waals surface area (Å²) in [6.07, 6.45) is 1.40. The Morgan fingerprint density at radius 3 is 2.70 bits per heavy atom. The van der Waals surface area contributed by atoms with Crippen LogP contribution in [0.1, 0.15) is 5.76 Å². The van der Waals surface area contributed by atoms with E-state index in [4.69, 9.17) is 16.0 Å². The number of furan rings is 1. The lowest BCUT2D eigenvalue weighted by atomic mass is 10.3. The minimum Gasteiger partial charge on any atom is -0.468 e. The van der Waals surface area contributed by atoms with Gasteiger partial charge in [0.15, 0.2) is 4.90 Å². The van der Waals surface area contributed by atoms with Crippen LogP contribution in [-0.4, -0.2) is 13.3 Å². The molecule has 1 aromatic heterocycles. The number of sulfonamides is 1. The minimum absolute atomic E-state index is 0.0849. The number of nitro benzene ring substituents is 1. The van der Waals surface area contributed by atoms with E-state index in [0.717, 1.165) is 12.1 Å². The Labute approximate surface area is 119 Å². The van der Waals surface area contributed by atoms with Gasteiger partial charge in [0.05, 0.1) is 17.7 Å². The summed E-state index contributed by atoms with van der Waals surface area (Å²) in [5, 5.41) is 11.0. The highest BCUT2D eigenvalue weighted by Crippen LogP contribution is 2.27. The molecule has 2 rings (SSSR count). The van der Waals surface area contributed by atoms with Gasteiger partial charge in [-0.3, -0.25) is 10.1 Å². The zero-order valence-corrected chi connectivity index (χ0v) is 11.5. The summed E-state index contributed by atoms with van der Waals surface area (Å²) in [4.78, 5) is 9.65. The predicted octanol–water partition coefficient (Wildman–Crippen LogP) is 2.32. The Kier molecular flexibility index (Phi) is 4.07. The summed E-state index contributed by atoms with van der Waals surface area (Å²) in [5.41, 5.74) is -0.579. The van der Waals surface area contributed by atoms with Crippen LogP contribution < -0.4 is 4.72 Å². The molecule has 0 bridgehead atoms. The average molecular weight is 317 g/mol. The van der Waals surface area contributed by atoms with Crippen molar-refractivity contribution in [2.45, 2.75) is 11.4 Å². The fourth-order valence-electron chi connectivity index (χ4n) is 1.52. The van der Waals surface area contributed by atoms with E-state index in [0.29, 0.717) is 5.76 Å². The first kappa shape index (κ1) is 14.5. The number of hydrogen-bond donors (Lipinski definition) is 1. The van der Waals surface area contributed by atoms with Crippen molar-refractivity contribution >= 4 is 27.3 Å². The van der Waals surface area contributed by atoms with Gasteiger partial charge in [0.1, 0.15) is 5.76 Å². The maximum atomic E-state index is 12.1. The Hall–Kier alpha value is -1.90. The van der Waals surface area contributed by atoms with Gasteiger partial charge in [-0.2, -0.15) is 0 Å². The van der Waals surface area contributed by atoms with Gasteiger partial charge in [0.2, 0.25) is 10.0 Å². The SMILES string of the molecule is O=[N+]([O-])c1cc(Cl)ccc1S(=O)(=O)NCc1ccco1. The van der Waals surface area contributed by atoms with Crippen LogP contribution in [0, 0.1) is 10.1 Å². The summed E-state index contributed by atoms with van der Waals surface area (Å²) in [6.45, 7) is -0.102. The molecule has 0 spiro atoms. The van der Waals surface area contributed by atoms with Gasteiger partial charge < -0.3 is 4.42 Å². The standard InChI is InChI=1S/C11H9ClN2O5S/c12-8-3-4-11(10(6-8)14(15)16)20(17,18)13-7-9-2-1-5-19-9/h1-6,13H,7H2. The van der Waals surface area contributed by atoms with E-state index in [1.165, 1.54) is 12.3 Å². The molecule has 0 saturated carbocycles. The van der Waals surface area contributed by atoms with Crippen LogP contribution in [0.3, 0.4) is 0 Å². The third-order valence-electron chi connectivity index (χ3n) is 2.42. The zero-order chi connectivity index (χ0) is 14.8. The van der Waals surface area contributed by atoms with Gasteiger partial charge >= 0.3 is 0 Å². The molecule has 0 atom stereocenters. The molecule has 0 aliphatic heterocycles. The Morgan fingerprint density at radius 2 is 2.10 bits per heavy atom. The number of nitro groups is 1. The molecule has 1 N–H and O–H groups in total. The molecule has 7 nitrogen and oxygen atoms in total. The number of hydrogen-bond acceptors (Lipinski definition) is 5. The second kappa shape index (κ2) is 5.61. The molecule has 20 heavy (non-hydrogen) atoms. The van der Waals surface area contributed by atoms with Gasteiger partial charge in [-0.05, 0) is 24.3 Å².